The molecule has 0 aliphatic heterocycles. The van der Waals surface area contributed by atoms with Crippen LogP contribution in [0.1, 0.15) is 5.69 Å². The second-order valence-electron chi connectivity index (χ2n) is 6.26. The molecule has 8 nitrogen and oxygen atoms in total. The Morgan fingerprint density at radius 2 is 1.93 bits per heavy atom. The van der Waals surface area contributed by atoms with Gasteiger partial charge in [0.15, 0.2) is 4.96 Å². The highest BCUT2D eigenvalue weighted by molar-refractivity contribution is 7.15. The Labute approximate surface area is 169 Å². The number of anilines is 1. The van der Waals surface area contributed by atoms with Crippen molar-refractivity contribution in [3.05, 3.63) is 75.9 Å². The van der Waals surface area contributed by atoms with E-state index in [2.05, 4.69) is 10.3 Å². The normalized spacial score (nSPS) is 10.8. The van der Waals surface area contributed by atoms with Crippen LogP contribution in [0.5, 0.6) is 5.75 Å². The molecule has 0 aliphatic carbocycles. The van der Waals surface area contributed by atoms with Gasteiger partial charge in [0.1, 0.15) is 5.75 Å². The quantitative estimate of drug-likeness (QED) is 0.381. The van der Waals surface area contributed by atoms with Crippen molar-refractivity contribution in [3.8, 4) is 17.0 Å². The fraction of sp³-hybridized carbons (Fsp3) is 0.100. The molecule has 0 aliphatic rings. The fourth-order valence-electron chi connectivity index (χ4n) is 2.89. The van der Waals surface area contributed by atoms with Gasteiger partial charge in [-0.05, 0) is 36.4 Å². The molecule has 0 radical (unpaired) electrons. The van der Waals surface area contributed by atoms with E-state index in [0.29, 0.717) is 5.69 Å². The lowest BCUT2D eigenvalue weighted by atomic mass is 10.2. The van der Waals surface area contributed by atoms with Crippen LogP contribution in [-0.4, -0.2) is 27.3 Å². The van der Waals surface area contributed by atoms with Gasteiger partial charge in [-0.3, -0.25) is 19.3 Å². The first-order valence-corrected chi connectivity index (χ1v) is 9.55. The summed E-state index contributed by atoms with van der Waals surface area (Å²) in [5.41, 5.74) is 3.08. The summed E-state index contributed by atoms with van der Waals surface area (Å²) >= 11 is 1.46. The van der Waals surface area contributed by atoms with E-state index >= 15 is 0 Å². The largest absolute Gasteiger partial charge is 0.497 e. The number of benzene rings is 2. The third kappa shape index (κ3) is 3.94. The van der Waals surface area contributed by atoms with E-state index in [1.54, 1.807) is 7.11 Å². The number of nitrogens with one attached hydrogen (secondary N) is 1. The lowest BCUT2D eigenvalue weighted by Crippen LogP contribution is -2.15. The Hall–Kier alpha value is -3.72. The number of carbonyl (C=O) groups excluding carboxylic acids is 1. The molecular formula is C20H16N4O4S. The molecular weight excluding hydrogens is 392 g/mol. The smallest absolute Gasteiger partial charge is 0.269 e. The van der Waals surface area contributed by atoms with E-state index in [0.717, 1.165) is 27.7 Å². The van der Waals surface area contributed by atoms with Crippen molar-refractivity contribution >= 4 is 33.6 Å². The topological polar surface area (TPSA) is 98.8 Å². The number of imidazole rings is 1. The zero-order valence-corrected chi connectivity index (χ0v) is 16.2. The number of nitro groups is 1. The maximum atomic E-state index is 12.4. The van der Waals surface area contributed by atoms with Gasteiger partial charge in [0.2, 0.25) is 5.91 Å². The number of amides is 1. The number of nitro benzene ring substituents is 1. The van der Waals surface area contributed by atoms with Crippen molar-refractivity contribution < 1.29 is 14.5 Å². The first kappa shape index (κ1) is 18.6. The second-order valence-corrected chi connectivity index (χ2v) is 7.10. The van der Waals surface area contributed by atoms with E-state index in [9.17, 15) is 14.9 Å². The number of methoxy groups -OCH3 is 1. The molecule has 0 spiro atoms. The molecule has 4 aromatic rings. The third-order valence-corrected chi connectivity index (χ3v) is 5.26. The number of nitrogens with zero attached hydrogens (tertiary/aromatic N) is 3. The van der Waals surface area contributed by atoms with Crippen molar-refractivity contribution in [2.45, 2.75) is 6.42 Å². The molecule has 0 fully saturated rings. The predicted molar refractivity (Wildman–Crippen MR) is 110 cm³/mol. The average molecular weight is 408 g/mol. The highest BCUT2D eigenvalue weighted by Crippen LogP contribution is 2.25. The van der Waals surface area contributed by atoms with Crippen LogP contribution in [0.2, 0.25) is 0 Å². The van der Waals surface area contributed by atoms with Crippen LogP contribution in [0.25, 0.3) is 16.2 Å². The number of thiazole rings is 1. The summed E-state index contributed by atoms with van der Waals surface area (Å²) in [6.07, 6.45) is 2.07. The minimum atomic E-state index is -0.479. The number of non-ortho nitro benzene ring substituents is 1. The molecule has 1 amide bonds. The molecule has 9 heteroatoms. The molecule has 146 valence electrons. The van der Waals surface area contributed by atoms with Crippen molar-refractivity contribution in [1.82, 2.24) is 9.38 Å². The van der Waals surface area contributed by atoms with Crippen molar-refractivity contribution in [1.29, 1.82) is 0 Å². The molecule has 4 rings (SSSR count). The Balaban J connectivity index is 1.49. The summed E-state index contributed by atoms with van der Waals surface area (Å²) in [6.45, 7) is 0. The Morgan fingerprint density at radius 3 is 2.59 bits per heavy atom. The molecule has 2 aromatic heterocycles. The molecule has 29 heavy (non-hydrogen) atoms. The van der Waals surface area contributed by atoms with E-state index in [4.69, 9.17) is 4.74 Å². The minimum Gasteiger partial charge on any atom is -0.497 e. The lowest BCUT2D eigenvalue weighted by Gasteiger charge is -2.04. The molecule has 0 saturated carbocycles. The molecule has 0 bridgehead atoms. The number of rotatable bonds is 6. The number of aromatic nitrogens is 2. The van der Waals surface area contributed by atoms with Crippen LogP contribution in [0.3, 0.4) is 0 Å². The van der Waals surface area contributed by atoms with Crippen LogP contribution in [0, 0.1) is 10.1 Å². The zero-order chi connectivity index (χ0) is 20.4. The molecule has 0 atom stereocenters. The predicted octanol–water partition coefficient (Wildman–Crippen LogP) is 4.16. The van der Waals surface area contributed by atoms with Gasteiger partial charge >= 0.3 is 0 Å². The van der Waals surface area contributed by atoms with Crippen LogP contribution in [0.15, 0.2) is 60.1 Å². The van der Waals surface area contributed by atoms with Crippen LogP contribution < -0.4 is 10.1 Å². The van der Waals surface area contributed by atoms with E-state index < -0.39 is 4.92 Å². The van der Waals surface area contributed by atoms with E-state index in [1.165, 1.54) is 35.6 Å². The maximum absolute atomic E-state index is 12.4. The summed E-state index contributed by atoms with van der Waals surface area (Å²) in [4.78, 5) is 28.1. The third-order valence-electron chi connectivity index (χ3n) is 4.37. The van der Waals surface area contributed by atoms with Crippen molar-refractivity contribution in [2.75, 3.05) is 12.4 Å². The average Bonchev–Trinajstić information content (AvgIpc) is 3.30. The van der Waals surface area contributed by atoms with Gasteiger partial charge in [0.05, 0.1) is 24.1 Å². The zero-order valence-electron chi connectivity index (χ0n) is 15.4. The molecule has 0 unspecified atom stereocenters. The number of fused-ring (bicyclic) bond motifs is 1. The van der Waals surface area contributed by atoms with Gasteiger partial charge in [-0.15, -0.1) is 11.3 Å². The van der Waals surface area contributed by atoms with E-state index in [-0.39, 0.29) is 18.0 Å². The van der Waals surface area contributed by atoms with Gasteiger partial charge in [0.25, 0.3) is 5.69 Å². The van der Waals surface area contributed by atoms with Crippen LogP contribution >= 0.6 is 11.3 Å². The summed E-state index contributed by atoms with van der Waals surface area (Å²) in [7, 11) is 1.62. The van der Waals surface area contributed by atoms with Crippen molar-refractivity contribution in [3.63, 3.8) is 0 Å². The molecule has 0 saturated heterocycles. The maximum Gasteiger partial charge on any atom is 0.269 e. The first-order chi connectivity index (χ1) is 14.0. The number of hydrogen-bond acceptors (Lipinski definition) is 6. The Morgan fingerprint density at radius 1 is 1.21 bits per heavy atom. The van der Waals surface area contributed by atoms with Crippen LogP contribution in [-0.2, 0) is 11.2 Å². The Kier molecular flexibility index (Phi) is 4.96. The summed E-state index contributed by atoms with van der Waals surface area (Å²) in [5, 5.41) is 15.4. The minimum absolute atomic E-state index is 0.0213. The molecule has 1 N–H and O–H groups in total. The SMILES string of the molecule is COc1ccc(-c2cn3c(CC(=O)Nc4ccc([N+](=O)[O-])cc4)csc3n2)cc1. The monoisotopic (exact) mass is 408 g/mol. The summed E-state index contributed by atoms with van der Waals surface area (Å²) in [5.74, 6) is 0.566. The second kappa shape index (κ2) is 7.72. The first-order valence-electron chi connectivity index (χ1n) is 8.67. The summed E-state index contributed by atoms with van der Waals surface area (Å²) < 4.78 is 7.08. The van der Waals surface area contributed by atoms with Gasteiger partial charge in [0, 0.05) is 40.7 Å². The van der Waals surface area contributed by atoms with Crippen LogP contribution in [0.4, 0.5) is 11.4 Å². The number of ether oxygens (including phenoxy) is 1. The highest BCUT2D eigenvalue weighted by Gasteiger charge is 2.13. The lowest BCUT2D eigenvalue weighted by molar-refractivity contribution is -0.384. The number of carbonyl (C=O) groups is 1. The van der Waals surface area contributed by atoms with Gasteiger partial charge < -0.3 is 10.1 Å². The summed E-state index contributed by atoms with van der Waals surface area (Å²) in [6, 6.07) is 13.4. The van der Waals surface area contributed by atoms with Gasteiger partial charge in [-0.1, -0.05) is 0 Å². The number of hydrogen-bond donors (Lipinski definition) is 1. The highest BCUT2D eigenvalue weighted by atomic mass is 32.1. The molecule has 2 heterocycles. The molecule has 2 aromatic carbocycles. The Bertz CT molecular complexity index is 1180. The van der Waals surface area contributed by atoms with Gasteiger partial charge in [-0.2, -0.15) is 0 Å². The fourth-order valence-corrected chi connectivity index (χ4v) is 3.77. The van der Waals surface area contributed by atoms with E-state index in [1.807, 2.05) is 40.2 Å². The van der Waals surface area contributed by atoms with Gasteiger partial charge in [-0.25, -0.2) is 4.98 Å². The standard InChI is InChI=1S/C20H16N4O4S/c1-28-17-8-2-13(3-9-17)18-11-23-16(12-29-20(23)22-18)10-19(25)21-14-4-6-15(7-5-14)24(26)27/h2-9,11-12H,10H2,1H3,(H,21,25). The van der Waals surface area contributed by atoms with Crippen molar-refractivity contribution in [2.24, 2.45) is 0 Å².